The fraction of sp³-hybridized carbons (Fsp3) is 0.320. The van der Waals surface area contributed by atoms with Gasteiger partial charge >= 0.3 is 6.18 Å². The van der Waals surface area contributed by atoms with Gasteiger partial charge in [0.2, 0.25) is 0 Å². The van der Waals surface area contributed by atoms with Crippen LogP contribution in [0.15, 0.2) is 52.5 Å². The largest absolute Gasteiger partial charge is 0.497 e. The highest BCUT2D eigenvalue weighted by atomic mass is 32.2. The number of piperidine rings is 1. The molecule has 7 nitrogen and oxygen atoms in total. The summed E-state index contributed by atoms with van der Waals surface area (Å²) < 4.78 is 47.0. The van der Waals surface area contributed by atoms with E-state index in [1.54, 1.807) is 18.3 Å². The van der Waals surface area contributed by atoms with Crippen LogP contribution < -0.4 is 10.5 Å². The Labute approximate surface area is 209 Å². The van der Waals surface area contributed by atoms with Crippen molar-refractivity contribution in [3.63, 3.8) is 0 Å². The van der Waals surface area contributed by atoms with Crippen LogP contribution in [0.1, 0.15) is 29.5 Å². The maximum absolute atomic E-state index is 14.0. The molecule has 36 heavy (non-hydrogen) atoms. The van der Waals surface area contributed by atoms with E-state index in [1.165, 1.54) is 31.0 Å². The topological polar surface area (TPSA) is 96.6 Å². The number of nitrogens with two attached hydrogens (primary N) is 1. The molecule has 3 heterocycles. The van der Waals surface area contributed by atoms with Crippen LogP contribution in [-0.2, 0) is 17.4 Å². The number of aromatic nitrogens is 2. The maximum atomic E-state index is 14.0. The normalized spacial score (nSPS) is 20.1. The molecule has 3 N–H and O–H groups in total. The molecule has 0 unspecified atom stereocenters. The summed E-state index contributed by atoms with van der Waals surface area (Å²) in [4.78, 5) is 19.7. The van der Waals surface area contributed by atoms with E-state index in [0.717, 1.165) is 36.4 Å². The van der Waals surface area contributed by atoms with Gasteiger partial charge in [-0.1, -0.05) is 12.1 Å². The second-order valence-electron chi connectivity index (χ2n) is 8.83. The molecule has 2 aliphatic rings. The van der Waals surface area contributed by atoms with Gasteiger partial charge in [-0.15, -0.1) is 0 Å². The Bertz CT molecular complexity index is 1380. The molecule has 0 radical (unpaired) electrons. The van der Waals surface area contributed by atoms with Gasteiger partial charge < -0.3 is 15.4 Å². The summed E-state index contributed by atoms with van der Waals surface area (Å²) in [5.41, 5.74) is 7.24. The number of carbonyl (C=O) groups excluding carboxylic acids is 1. The number of carbonyl (C=O) groups is 1. The highest BCUT2D eigenvalue weighted by Crippen LogP contribution is 2.41. The lowest BCUT2D eigenvalue weighted by Crippen LogP contribution is -2.44. The summed E-state index contributed by atoms with van der Waals surface area (Å²) in [6, 6.07) is 9.26. The average molecular weight is 516 g/mol. The van der Waals surface area contributed by atoms with Crippen molar-refractivity contribution in [1.82, 2.24) is 15.1 Å². The Kier molecular flexibility index (Phi) is 6.52. The minimum Gasteiger partial charge on any atom is -0.497 e. The van der Waals surface area contributed by atoms with Crippen LogP contribution in [0.25, 0.3) is 16.5 Å². The SMILES string of the molecule is COc1ccc(CC(=C2SC(N3CCC[C@H](N)C3)=NC2=O)c2ccc3[nH]ncc3c2)c(C(F)(F)F)c1. The third-order valence-corrected chi connectivity index (χ3v) is 7.52. The molecular formula is C25H24F3N5O2S. The number of nitrogens with zero attached hydrogens (tertiary/aromatic N) is 3. The van der Waals surface area contributed by atoms with Gasteiger partial charge in [0.25, 0.3) is 5.91 Å². The number of amides is 1. The second kappa shape index (κ2) is 9.62. The van der Waals surface area contributed by atoms with Crippen LogP contribution in [0.5, 0.6) is 5.75 Å². The van der Waals surface area contributed by atoms with E-state index in [9.17, 15) is 18.0 Å². The monoisotopic (exact) mass is 515 g/mol. The van der Waals surface area contributed by atoms with E-state index >= 15 is 0 Å². The number of halogens is 3. The Hall–Kier alpha value is -3.31. The molecule has 1 aromatic heterocycles. The summed E-state index contributed by atoms with van der Waals surface area (Å²) in [5.74, 6) is -0.350. The number of aromatic amines is 1. The van der Waals surface area contributed by atoms with Crippen LogP contribution in [0, 0.1) is 0 Å². The summed E-state index contributed by atoms with van der Waals surface area (Å²) in [5, 5.41) is 8.22. The van der Waals surface area contributed by atoms with Gasteiger partial charge in [-0.05, 0) is 72.0 Å². The van der Waals surface area contributed by atoms with Crippen molar-refractivity contribution < 1.29 is 22.7 Å². The van der Waals surface area contributed by atoms with Crippen molar-refractivity contribution >= 4 is 39.3 Å². The lowest BCUT2D eigenvalue weighted by Gasteiger charge is -2.31. The zero-order valence-electron chi connectivity index (χ0n) is 19.4. The van der Waals surface area contributed by atoms with Crippen molar-refractivity contribution in [3.8, 4) is 5.75 Å². The number of nitrogens with one attached hydrogen (secondary N) is 1. The Morgan fingerprint density at radius 1 is 1.28 bits per heavy atom. The minimum atomic E-state index is -4.59. The zero-order valence-corrected chi connectivity index (χ0v) is 20.2. The first-order chi connectivity index (χ1) is 17.2. The Morgan fingerprint density at radius 2 is 2.11 bits per heavy atom. The number of thioether (sulfide) groups is 1. The van der Waals surface area contributed by atoms with E-state index in [-0.39, 0.29) is 23.8 Å². The lowest BCUT2D eigenvalue weighted by molar-refractivity contribution is -0.138. The van der Waals surface area contributed by atoms with Crippen molar-refractivity contribution in [2.75, 3.05) is 20.2 Å². The third kappa shape index (κ3) is 4.85. The molecule has 5 rings (SSSR count). The smallest absolute Gasteiger partial charge is 0.416 e. The number of methoxy groups -OCH3 is 1. The number of benzene rings is 2. The molecule has 1 amide bonds. The first-order valence-electron chi connectivity index (χ1n) is 11.4. The van der Waals surface area contributed by atoms with Crippen molar-refractivity contribution in [3.05, 3.63) is 64.2 Å². The van der Waals surface area contributed by atoms with Gasteiger partial charge in [0.05, 0.1) is 29.3 Å². The number of aliphatic imine (C=N–C) groups is 1. The number of allylic oxidation sites excluding steroid dienone is 1. The molecule has 11 heteroatoms. The summed E-state index contributed by atoms with van der Waals surface area (Å²) in [6.45, 7) is 1.31. The predicted molar refractivity (Wildman–Crippen MR) is 134 cm³/mol. The lowest BCUT2D eigenvalue weighted by atomic mass is 9.93. The van der Waals surface area contributed by atoms with Crippen LogP contribution in [0.3, 0.4) is 0 Å². The van der Waals surface area contributed by atoms with Gasteiger partial charge in [-0.2, -0.15) is 23.3 Å². The van der Waals surface area contributed by atoms with Gasteiger partial charge in [0.15, 0.2) is 5.17 Å². The predicted octanol–water partition coefficient (Wildman–Crippen LogP) is 4.60. The fourth-order valence-electron chi connectivity index (χ4n) is 4.54. The van der Waals surface area contributed by atoms with Gasteiger partial charge in [-0.25, -0.2) is 0 Å². The van der Waals surface area contributed by atoms with Crippen molar-refractivity contribution in [2.45, 2.75) is 31.5 Å². The van der Waals surface area contributed by atoms with E-state index in [1.807, 2.05) is 11.0 Å². The molecule has 0 saturated carbocycles. The Balaban J connectivity index is 1.59. The summed E-state index contributed by atoms with van der Waals surface area (Å²) in [7, 11) is 1.32. The number of alkyl halides is 3. The number of fused-ring (bicyclic) bond motifs is 1. The number of H-pyrrole nitrogens is 1. The molecule has 1 atom stereocenters. The number of hydrogen-bond acceptors (Lipinski definition) is 6. The fourth-order valence-corrected chi connectivity index (χ4v) is 5.59. The molecule has 1 saturated heterocycles. The maximum Gasteiger partial charge on any atom is 0.416 e. The molecular weight excluding hydrogens is 491 g/mol. The van der Waals surface area contributed by atoms with Gasteiger partial charge in [0.1, 0.15) is 5.75 Å². The number of ether oxygens (including phenoxy) is 1. The van der Waals surface area contributed by atoms with E-state index in [0.29, 0.717) is 27.8 Å². The van der Waals surface area contributed by atoms with Crippen LogP contribution in [-0.4, -0.2) is 52.4 Å². The summed E-state index contributed by atoms with van der Waals surface area (Å²) >= 11 is 1.20. The van der Waals surface area contributed by atoms with E-state index in [2.05, 4.69) is 15.2 Å². The average Bonchev–Trinajstić information content (AvgIpc) is 3.48. The zero-order chi connectivity index (χ0) is 25.4. The van der Waals surface area contributed by atoms with Crippen molar-refractivity contribution in [2.24, 2.45) is 10.7 Å². The highest BCUT2D eigenvalue weighted by Gasteiger charge is 2.36. The molecule has 1 fully saturated rings. The van der Waals surface area contributed by atoms with Crippen LogP contribution >= 0.6 is 11.8 Å². The number of likely N-dealkylation sites (tertiary alicyclic amines) is 1. The standard InChI is InChI=1S/C25H24F3N5O2S/c1-35-18-6-4-15(20(11-18)25(26,27)28)10-19(14-5-7-21-16(9-14)12-30-32-21)22-23(34)31-24(36-22)33-8-2-3-17(29)13-33/h4-7,9,11-12,17H,2-3,8,10,13,29H2,1H3,(H,30,32)/t17-/m0/s1. The molecule has 188 valence electrons. The highest BCUT2D eigenvalue weighted by molar-refractivity contribution is 8.18. The quantitative estimate of drug-likeness (QED) is 0.493. The number of hydrogen-bond donors (Lipinski definition) is 2. The van der Waals surface area contributed by atoms with E-state index < -0.39 is 17.6 Å². The minimum absolute atomic E-state index is 0.0122. The van der Waals surface area contributed by atoms with Gasteiger partial charge in [-0.3, -0.25) is 9.89 Å². The molecule has 2 aliphatic heterocycles. The first-order valence-corrected chi connectivity index (χ1v) is 12.3. The second-order valence-corrected chi connectivity index (χ2v) is 9.80. The third-order valence-electron chi connectivity index (χ3n) is 6.37. The molecule has 0 bridgehead atoms. The first kappa shape index (κ1) is 24.4. The number of rotatable bonds is 4. The van der Waals surface area contributed by atoms with E-state index in [4.69, 9.17) is 10.5 Å². The molecule has 2 aromatic carbocycles. The number of amidine groups is 1. The molecule has 3 aromatic rings. The molecule has 0 spiro atoms. The van der Waals surface area contributed by atoms with Gasteiger partial charge in [0, 0.05) is 24.5 Å². The van der Waals surface area contributed by atoms with Crippen molar-refractivity contribution in [1.29, 1.82) is 0 Å². The summed E-state index contributed by atoms with van der Waals surface area (Å²) in [6.07, 6.45) is -1.28. The Morgan fingerprint density at radius 3 is 2.86 bits per heavy atom. The van der Waals surface area contributed by atoms with Crippen LogP contribution in [0.4, 0.5) is 13.2 Å². The van der Waals surface area contributed by atoms with Crippen LogP contribution in [0.2, 0.25) is 0 Å². The molecule has 0 aliphatic carbocycles.